The predicted octanol–water partition coefficient (Wildman–Crippen LogP) is 3.35. The van der Waals surface area contributed by atoms with Gasteiger partial charge in [0, 0.05) is 13.2 Å². The first-order chi connectivity index (χ1) is 7.50. The van der Waals surface area contributed by atoms with Gasteiger partial charge in [-0.2, -0.15) is 0 Å². The molecule has 0 saturated carbocycles. The van der Waals surface area contributed by atoms with Crippen molar-refractivity contribution in [1.82, 2.24) is 0 Å². The van der Waals surface area contributed by atoms with Gasteiger partial charge in [0.25, 0.3) is 0 Å². The molecule has 1 aliphatic rings. The lowest BCUT2D eigenvalue weighted by molar-refractivity contribution is 0.220. The minimum absolute atomic E-state index is 0.283. The van der Waals surface area contributed by atoms with E-state index in [-0.39, 0.29) is 5.41 Å². The Labute approximate surface area is 102 Å². The molecule has 0 aromatic carbocycles. The summed E-state index contributed by atoms with van der Waals surface area (Å²) in [5.41, 5.74) is 1.89. The lowest BCUT2D eigenvalue weighted by atomic mass is 9.86. The molecule has 1 rings (SSSR count). The van der Waals surface area contributed by atoms with E-state index in [1.807, 2.05) is 0 Å². The van der Waals surface area contributed by atoms with Crippen LogP contribution < -0.4 is 0 Å². The van der Waals surface area contributed by atoms with E-state index in [2.05, 4.69) is 34.6 Å². The van der Waals surface area contributed by atoms with Crippen LogP contribution in [0.1, 0.15) is 53.9 Å². The number of rotatable bonds is 5. The van der Waals surface area contributed by atoms with Crippen molar-refractivity contribution in [2.45, 2.75) is 53.9 Å². The van der Waals surface area contributed by atoms with Crippen molar-refractivity contribution in [2.24, 2.45) is 5.41 Å². The Morgan fingerprint density at radius 1 is 1.06 bits per heavy atom. The average Bonchev–Trinajstić information content (AvgIpc) is 2.65. The molecule has 0 radical (unpaired) electrons. The normalized spacial score (nSPS) is 17.6. The highest BCUT2D eigenvalue weighted by Gasteiger charge is 2.31. The molecule has 0 aromatic heterocycles. The molecular weight excluding hydrogens is 216 g/mol. The van der Waals surface area contributed by atoms with Crippen molar-refractivity contribution in [1.29, 1.82) is 0 Å². The van der Waals surface area contributed by atoms with Gasteiger partial charge in [-0.25, -0.2) is 0 Å². The van der Waals surface area contributed by atoms with Gasteiger partial charge in [-0.3, -0.25) is 0 Å². The molecule has 0 N–H and O–H groups in total. The van der Waals surface area contributed by atoms with E-state index in [1.165, 1.54) is 24.5 Å². The first-order valence-corrected chi connectivity index (χ1v) is 7.98. The maximum Gasteiger partial charge on any atom is 0.351 e. The molecule has 94 valence electrons. The van der Waals surface area contributed by atoms with Crippen LogP contribution in [0.2, 0.25) is 0 Å². The fourth-order valence-corrected chi connectivity index (χ4v) is 4.84. The van der Waals surface area contributed by atoms with Crippen LogP contribution in [0.4, 0.5) is 0 Å². The molecule has 0 aliphatic heterocycles. The standard InChI is InChI=1S/C13H26O2Si/c1-6-14-16(15-7-2)12-10-8-9-11(12)13(3,4)5/h16H,6-10H2,1-5H3. The van der Waals surface area contributed by atoms with E-state index in [0.29, 0.717) is 0 Å². The molecule has 2 nitrogen and oxygen atoms in total. The maximum atomic E-state index is 5.85. The van der Waals surface area contributed by atoms with Crippen molar-refractivity contribution in [3.8, 4) is 0 Å². The van der Waals surface area contributed by atoms with E-state index >= 15 is 0 Å². The first-order valence-electron chi connectivity index (χ1n) is 6.46. The van der Waals surface area contributed by atoms with Crippen LogP contribution in [0.25, 0.3) is 0 Å². The summed E-state index contributed by atoms with van der Waals surface area (Å²) in [7, 11) is -1.56. The molecule has 0 spiro atoms. The number of allylic oxidation sites excluding steroid dienone is 2. The largest absolute Gasteiger partial charge is 0.394 e. The third-order valence-corrected chi connectivity index (χ3v) is 5.56. The molecule has 0 fully saturated rings. The molecule has 0 aromatic rings. The molecule has 0 amide bonds. The van der Waals surface area contributed by atoms with Gasteiger partial charge in [0.05, 0.1) is 0 Å². The zero-order chi connectivity index (χ0) is 12.2. The Balaban J connectivity index is 2.88. The van der Waals surface area contributed by atoms with Crippen LogP contribution in [0.5, 0.6) is 0 Å². The average molecular weight is 242 g/mol. The SMILES string of the molecule is CCO[SiH](OCC)C1=C(C(C)(C)C)CCC1. The van der Waals surface area contributed by atoms with Gasteiger partial charge in [-0.05, 0) is 43.7 Å². The third kappa shape index (κ3) is 3.44. The van der Waals surface area contributed by atoms with E-state index in [4.69, 9.17) is 8.85 Å². The summed E-state index contributed by atoms with van der Waals surface area (Å²) in [6.45, 7) is 12.6. The highest BCUT2D eigenvalue weighted by atomic mass is 28.3. The number of hydrogen-bond acceptors (Lipinski definition) is 2. The molecule has 16 heavy (non-hydrogen) atoms. The van der Waals surface area contributed by atoms with Crippen molar-refractivity contribution >= 4 is 9.28 Å². The highest BCUT2D eigenvalue weighted by molar-refractivity contribution is 6.54. The summed E-state index contributed by atoms with van der Waals surface area (Å²) in [5.74, 6) is 0. The van der Waals surface area contributed by atoms with Crippen molar-refractivity contribution in [3.05, 3.63) is 10.8 Å². The monoisotopic (exact) mass is 242 g/mol. The van der Waals surface area contributed by atoms with Gasteiger partial charge in [0.2, 0.25) is 0 Å². The van der Waals surface area contributed by atoms with Crippen LogP contribution in [-0.2, 0) is 8.85 Å². The second kappa shape index (κ2) is 5.99. The second-order valence-corrected chi connectivity index (χ2v) is 7.38. The predicted molar refractivity (Wildman–Crippen MR) is 70.7 cm³/mol. The zero-order valence-electron chi connectivity index (χ0n) is 11.4. The quantitative estimate of drug-likeness (QED) is 0.688. The van der Waals surface area contributed by atoms with E-state index in [9.17, 15) is 0 Å². The molecule has 1 aliphatic carbocycles. The van der Waals surface area contributed by atoms with Gasteiger partial charge in [0.1, 0.15) is 0 Å². The summed E-state index contributed by atoms with van der Waals surface area (Å²) in [4.78, 5) is 0. The van der Waals surface area contributed by atoms with Crippen molar-refractivity contribution < 1.29 is 8.85 Å². The summed E-state index contributed by atoms with van der Waals surface area (Å²) >= 11 is 0. The smallest absolute Gasteiger partial charge is 0.351 e. The Kier molecular flexibility index (Phi) is 5.22. The Hall–Kier alpha value is -0.123. The summed E-state index contributed by atoms with van der Waals surface area (Å²) in [6, 6.07) is 0. The van der Waals surface area contributed by atoms with E-state index in [0.717, 1.165) is 13.2 Å². The van der Waals surface area contributed by atoms with Crippen LogP contribution >= 0.6 is 0 Å². The van der Waals surface area contributed by atoms with Gasteiger partial charge in [-0.1, -0.05) is 26.3 Å². The lowest BCUT2D eigenvalue weighted by Crippen LogP contribution is -2.28. The van der Waals surface area contributed by atoms with Crippen molar-refractivity contribution in [3.63, 3.8) is 0 Å². The topological polar surface area (TPSA) is 18.5 Å². The van der Waals surface area contributed by atoms with E-state index in [1.54, 1.807) is 5.57 Å². The van der Waals surface area contributed by atoms with Gasteiger partial charge >= 0.3 is 9.28 Å². The summed E-state index contributed by atoms with van der Waals surface area (Å²) in [5, 5.41) is 1.54. The Morgan fingerprint density at radius 2 is 1.62 bits per heavy atom. The molecule has 3 heteroatoms. The van der Waals surface area contributed by atoms with Crippen molar-refractivity contribution in [2.75, 3.05) is 13.2 Å². The van der Waals surface area contributed by atoms with Crippen LogP contribution in [0, 0.1) is 5.41 Å². The minimum Gasteiger partial charge on any atom is -0.394 e. The maximum absolute atomic E-state index is 5.85. The van der Waals surface area contributed by atoms with Crippen LogP contribution in [0.3, 0.4) is 0 Å². The van der Waals surface area contributed by atoms with Crippen LogP contribution in [-0.4, -0.2) is 22.5 Å². The highest BCUT2D eigenvalue weighted by Crippen LogP contribution is 2.39. The summed E-state index contributed by atoms with van der Waals surface area (Å²) < 4.78 is 11.7. The van der Waals surface area contributed by atoms with Gasteiger partial charge in [-0.15, -0.1) is 0 Å². The lowest BCUT2D eigenvalue weighted by Gasteiger charge is -2.25. The first kappa shape index (κ1) is 13.9. The molecular formula is C13H26O2Si. The van der Waals surface area contributed by atoms with Gasteiger partial charge < -0.3 is 8.85 Å². The fraction of sp³-hybridized carbons (Fsp3) is 0.846. The zero-order valence-corrected chi connectivity index (χ0v) is 12.6. The van der Waals surface area contributed by atoms with Crippen LogP contribution in [0.15, 0.2) is 10.8 Å². The molecule has 0 saturated heterocycles. The Bertz CT molecular complexity index is 247. The second-order valence-electron chi connectivity index (χ2n) is 5.35. The molecule has 0 heterocycles. The molecule has 0 bridgehead atoms. The minimum atomic E-state index is -1.56. The number of hydrogen-bond donors (Lipinski definition) is 0. The molecule has 0 unspecified atom stereocenters. The van der Waals surface area contributed by atoms with Gasteiger partial charge in [0.15, 0.2) is 0 Å². The Morgan fingerprint density at radius 3 is 2.06 bits per heavy atom. The fourth-order valence-electron chi connectivity index (χ4n) is 2.44. The third-order valence-electron chi connectivity index (χ3n) is 3.09. The summed E-state index contributed by atoms with van der Waals surface area (Å²) in [6.07, 6.45) is 3.72. The molecule has 0 atom stereocenters. The van der Waals surface area contributed by atoms with E-state index < -0.39 is 9.28 Å².